The van der Waals surface area contributed by atoms with Gasteiger partial charge in [0.1, 0.15) is 6.04 Å². The minimum atomic E-state index is -0.622. The predicted octanol–water partition coefficient (Wildman–Crippen LogP) is 2.06. The maximum atomic E-state index is 11.9. The largest absolute Gasteiger partial charge is 0.356 e. The van der Waals surface area contributed by atoms with Gasteiger partial charge in [0, 0.05) is 5.02 Å². The first-order valence-corrected chi connectivity index (χ1v) is 5.41. The molecular weight excluding hydrogens is 244 g/mol. The van der Waals surface area contributed by atoms with Gasteiger partial charge in [-0.05, 0) is 31.2 Å². The van der Waals surface area contributed by atoms with E-state index in [0.29, 0.717) is 10.7 Å². The van der Waals surface area contributed by atoms with Crippen molar-refractivity contribution in [2.45, 2.75) is 13.0 Å². The summed E-state index contributed by atoms with van der Waals surface area (Å²) in [6, 6.07) is 5.36. The Morgan fingerprint density at radius 2 is 1.82 bits per heavy atom. The van der Waals surface area contributed by atoms with E-state index < -0.39 is 12.1 Å². The van der Waals surface area contributed by atoms with Gasteiger partial charge in [0.25, 0.3) is 5.91 Å². The molecule has 1 aromatic rings. The summed E-state index contributed by atoms with van der Waals surface area (Å²) in [4.78, 5) is 29.8. The first-order chi connectivity index (χ1) is 8.06. The Morgan fingerprint density at radius 1 is 1.24 bits per heavy atom. The van der Waals surface area contributed by atoms with Crippen LogP contribution in [0.3, 0.4) is 0 Å². The smallest absolute Gasteiger partial charge is 0.272 e. The number of rotatable bonds is 2. The van der Waals surface area contributed by atoms with E-state index >= 15 is 0 Å². The molecule has 0 aliphatic carbocycles. The van der Waals surface area contributed by atoms with Crippen molar-refractivity contribution in [3.05, 3.63) is 29.3 Å². The molecule has 17 heavy (non-hydrogen) atoms. The number of hydrogen-bond donors (Lipinski definition) is 0. The third-order valence-electron chi connectivity index (χ3n) is 2.59. The van der Waals surface area contributed by atoms with Crippen LogP contribution in [0, 0.1) is 0 Å². The van der Waals surface area contributed by atoms with E-state index in [2.05, 4.69) is 0 Å². The summed E-state index contributed by atoms with van der Waals surface area (Å²) < 4.78 is 0. The maximum absolute atomic E-state index is 11.9. The van der Waals surface area contributed by atoms with Gasteiger partial charge in [-0.25, -0.2) is 9.69 Å². The summed E-state index contributed by atoms with van der Waals surface area (Å²) in [5.41, 5.74) is 0.482. The van der Waals surface area contributed by atoms with Crippen molar-refractivity contribution < 1.29 is 14.4 Å². The predicted molar refractivity (Wildman–Crippen MR) is 62.6 cm³/mol. The topological polar surface area (TPSA) is 49.9 Å². The minimum Gasteiger partial charge on any atom is -0.272 e. The Balaban J connectivity index is 2.36. The number of carbonyl (C=O) groups excluding carboxylic acids is 2. The number of imide groups is 1. The van der Waals surface area contributed by atoms with Crippen LogP contribution in [0.5, 0.6) is 0 Å². The number of nitrogens with zero attached hydrogens (tertiary/aromatic N) is 2. The van der Waals surface area contributed by atoms with Gasteiger partial charge in [0.05, 0.1) is 12.8 Å². The highest BCUT2D eigenvalue weighted by atomic mass is 35.5. The Bertz CT molecular complexity index is 460. The summed E-state index contributed by atoms with van der Waals surface area (Å²) in [6.45, 7) is 1.61. The zero-order valence-corrected chi connectivity index (χ0v) is 10.1. The van der Waals surface area contributed by atoms with Crippen LogP contribution in [0.15, 0.2) is 24.3 Å². The highest BCUT2D eigenvalue weighted by Crippen LogP contribution is 2.26. The number of anilines is 1. The molecule has 1 heterocycles. The second kappa shape index (κ2) is 4.35. The summed E-state index contributed by atoms with van der Waals surface area (Å²) in [6.07, 6.45) is 0. The fourth-order valence-electron chi connectivity index (χ4n) is 1.71. The second-order valence-electron chi connectivity index (χ2n) is 3.62. The molecule has 0 saturated carbocycles. The van der Waals surface area contributed by atoms with Gasteiger partial charge in [-0.2, -0.15) is 5.06 Å². The van der Waals surface area contributed by atoms with Crippen LogP contribution < -0.4 is 4.90 Å². The standard InChI is InChI=1S/C11H11ClN2O3/c1-7-10(15)13(11(16)14(7)17-2)9-5-3-8(12)4-6-9/h3-7H,1-2H3. The van der Waals surface area contributed by atoms with Crippen molar-refractivity contribution in [1.29, 1.82) is 0 Å². The van der Waals surface area contributed by atoms with Crippen LogP contribution in [0.2, 0.25) is 5.02 Å². The van der Waals surface area contributed by atoms with Gasteiger partial charge in [-0.3, -0.25) is 9.63 Å². The Hall–Kier alpha value is -1.59. The molecule has 2 rings (SSSR count). The molecule has 0 spiro atoms. The highest BCUT2D eigenvalue weighted by molar-refractivity contribution is 6.30. The van der Waals surface area contributed by atoms with E-state index in [4.69, 9.17) is 16.4 Å². The third-order valence-corrected chi connectivity index (χ3v) is 2.84. The van der Waals surface area contributed by atoms with E-state index in [-0.39, 0.29) is 5.91 Å². The molecule has 0 aromatic heterocycles. The Labute approximate surface area is 103 Å². The molecule has 5 nitrogen and oxygen atoms in total. The molecule has 1 aliphatic rings. The number of carbonyl (C=O) groups is 2. The van der Waals surface area contributed by atoms with Gasteiger partial charge < -0.3 is 0 Å². The summed E-state index contributed by atoms with van der Waals surface area (Å²) in [5.74, 6) is -0.320. The van der Waals surface area contributed by atoms with Gasteiger partial charge >= 0.3 is 6.03 Å². The van der Waals surface area contributed by atoms with Gasteiger partial charge in [-0.1, -0.05) is 11.6 Å². The van der Waals surface area contributed by atoms with E-state index in [9.17, 15) is 9.59 Å². The van der Waals surface area contributed by atoms with Crippen LogP contribution in [-0.2, 0) is 9.63 Å². The van der Waals surface area contributed by atoms with Crippen molar-refractivity contribution in [2.24, 2.45) is 0 Å². The molecule has 1 unspecified atom stereocenters. The van der Waals surface area contributed by atoms with Gasteiger partial charge in [-0.15, -0.1) is 0 Å². The molecule has 0 bridgehead atoms. The molecule has 90 valence electrons. The minimum absolute atomic E-state index is 0.320. The van der Waals surface area contributed by atoms with Crippen LogP contribution in [-0.4, -0.2) is 30.2 Å². The average molecular weight is 255 g/mol. The molecule has 1 saturated heterocycles. The molecule has 6 heteroatoms. The first-order valence-electron chi connectivity index (χ1n) is 5.03. The van der Waals surface area contributed by atoms with Crippen molar-refractivity contribution in [3.63, 3.8) is 0 Å². The van der Waals surface area contributed by atoms with Gasteiger partial charge in [0.15, 0.2) is 0 Å². The lowest BCUT2D eigenvalue weighted by atomic mass is 10.2. The quantitative estimate of drug-likeness (QED) is 0.759. The highest BCUT2D eigenvalue weighted by Gasteiger charge is 2.44. The Kier molecular flexibility index (Phi) is 3.04. The molecule has 1 atom stereocenters. The van der Waals surface area contributed by atoms with E-state index in [0.717, 1.165) is 9.96 Å². The third kappa shape index (κ3) is 1.87. The van der Waals surface area contributed by atoms with Crippen molar-refractivity contribution in [2.75, 3.05) is 12.0 Å². The fourth-order valence-corrected chi connectivity index (χ4v) is 1.84. The number of benzene rings is 1. The molecule has 1 aromatic carbocycles. The normalized spacial score (nSPS) is 20.3. The van der Waals surface area contributed by atoms with Crippen molar-refractivity contribution in [1.82, 2.24) is 5.06 Å². The average Bonchev–Trinajstić information content (AvgIpc) is 2.52. The molecule has 1 aliphatic heterocycles. The molecule has 1 fully saturated rings. The summed E-state index contributed by atoms with van der Waals surface area (Å²) in [7, 11) is 1.35. The lowest BCUT2D eigenvalue weighted by Crippen LogP contribution is -2.32. The number of amides is 3. The number of urea groups is 1. The van der Waals surface area contributed by atoms with Crippen molar-refractivity contribution in [3.8, 4) is 0 Å². The molecule has 0 radical (unpaired) electrons. The van der Waals surface area contributed by atoms with Crippen LogP contribution >= 0.6 is 11.6 Å². The van der Waals surface area contributed by atoms with Crippen LogP contribution in [0.25, 0.3) is 0 Å². The van der Waals surface area contributed by atoms with E-state index in [1.165, 1.54) is 7.11 Å². The fraction of sp³-hybridized carbons (Fsp3) is 0.273. The van der Waals surface area contributed by atoms with Gasteiger partial charge in [0.2, 0.25) is 0 Å². The number of hydrogen-bond acceptors (Lipinski definition) is 3. The van der Waals surface area contributed by atoms with E-state index in [1.54, 1.807) is 31.2 Å². The zero-order valence-electron chi connectivity index (χ0n) is 9.38. The number of hydroxylamine groups is 2. The molecule has 3 amide bonds. The van der Waals surface area contributed by atoms with Crippen molar-refractivity contribution >= 4 is 29.2 Å². The van der Waals surface area contributed by atoms with E-state index in [1.807, 2.05) is 0 Å². The molecule has 0 N–H and O–H groups in total. The monoisotopic (exact) mass is 254 g/mol. The lowest BCUT2D eigenvalue weighted by Gasteiger charge is -2.15. The number of halogens is 1. The van der Waals surface area contributed by atoms with Crippen LogP contribution in [0.1, 0.15) is 6.92 Å². The maximum Gasteiger partial charge on any atom is 0.356 e. The SMILES string of the molecule is CON1C(=O)N(c2ccc(Cl)cc2)C(=O)C1C. The second-order valence-corrected chi connectivity index (χ2v) is 4.05. The summed E-state index contributed by atoms with van der Waals surface area (Å²) >= 11 is 5.75. The van der Waals surface area contributed by atoms with Crippen LogP contribution in [0.4, 0.5) is 10.5 Å². The lowest BCUT2D eigenvalue weighted by molar-refractivity contribution is -0.133. The molecular formula is C11H11ClN2O3. The Morgan fingerprint density at radius 3 is 2.29 bits per heavy atom. The zero-order chi connectivity index (χ0) is 12.6. The summed E-state index contributed by atoms with van der Waals surface area (Å²) in [5, 5.41) is 1.58. The first kappa shape index (κ1) is 11.9.